The van der Waals surface area contributed by atoms with E-state index in [4.69, 9.17) is 20.3 Å². The molecule has 63 heavy (non-hydrogen) atoms. The number of carbonyl (C=O) groups excluding carboxylic acids is 6. The molecule has 6 amide bonds. The van der Waals surface area contributed by atoms with Gasteiger partial charge < -0.3 is 46.5 Å². The highest BCUT2D eigenvalue weighted by Gasteiger charge is 2.44. The monoisotopic (exact) mass is 860 g/mol. The van der Waals surface area contributed by atoms with E-state index in [-0.39, 0.29) is 56.7 Å². The van der Waals surface area contributed by atoms with Gasteiger partial charge in [0, 0.05) is 22.4 Å². The normalized spacial score (nSPS) is 11.7. The molecule has 0 aliphatic heterocycles. The van der Waals surface area contributed by atoms with Crippen LogP contribution in [0.5, 0.6) is 17.2 Å². The topological polar surface area (TPSA) is 276 Å². The summed E-state index contributed by atoms with van der Waals surface area (Å²) >= 11 is 0. The number of ether oxygens (including phenoxy) is 2. The predicted octanol–water partition coefficient (Wildman–Crippen LogP) is 4.84. The first-order valence-electron chi connectivity index (χ1n) is 19.2. The minimum Gasteiger partial charge on any atom is -0.504 e. The Morgan fingerprint density at radius 3 is 1.87 bits per heavy atom. The van der Waals surface area contributed by atoms with Crippen LogP contribution in [0.3, 0.4) is 0 Å². The number of amides is 6. The fourth-order valence-corrected chi connectivity index (χ4v) is 5.90. The van der Waals surface area contributed by atoms with Crippen LogP contribution in [0.25, 0.3) is 0 Å². The highest BCUT2D eigenvalue weighted by atomic mass is 16.5. The van der Waals surface area contributed by atoms with Crippen molar-refractivity contribution in [2.75, 3.05) is 15.6 Å². The number of nitrogens with zero attached hydrogens (tertiary/aromatic N) is 1. The summed E-state index contributed by atoms with van der Waals surface area (Å²) in [5.41, 5.74) is 4.68. The molecule has 0 aromatic heterocycles. The van der Waals surface area contributed by atoms with Crippen LogP contribution in [0.2, 0.25) is 0 Å². The van der Waals surface area contributed by atoms with Gasteiger partial charge in [0.05, 0.1) is 41.1 Å². The van der Waals surface area contributed by atoms with E-state index < -0.39 is 65.4 Å². The molecule has 5 aromatic rings. The maximum absolute atomic E-state index is 14.3. The van der Waals surface area contributed by atoms with E-state index in [9.17, 15) is 43.8 Å². The number of hydrogen-bond donors (Lipinski definition) is 8. The van der Waals surface area contributed by atoms with Crippen LogP contribution < -0.4 is 41.6 Å². The number of aromatic hydroxyl groups is 1. The Labute approximate surface area is 360 Å². The number of primary amides is 1. The number of hydrogen-bond acceptors (Lipinski definition) is 11. The zero-order valence-electron chi connectivity index (χ0n) is 34.4. The van der Waals surface area contributed by atoms with Gasteiger partial charge in [-0.25, -0.2) is 9.80 Å². The Hall–Kier alpha value is -8.25. The molecule has 0 heterocycles. The van der Waals surface area contributed by atoms with E-state index in [1.54, 1.807) is 52.0 Å². The third-order valence-electron chi connectivity index (χ3n) is 8.78. The Morgan fingerprint density at radius 1 is 0.667 bits per heavy atom. The van der Waals surface area contributed by atoms with E-state index in [1.165, 1.54) is 91.0 Å². The summed E-state index contributed by atoms with van der Waals surface area (Å²) in [4.78, 5) is 91.5. The molecule has 0 aliphatic carbocycles. The van der Waals surface area contributed by atoms with Crippen LogP contribution in [0, 0.1) is 0 Å². The molecule has 0 fully saturated rings. The number of aromatic carboxylic acids is 1. The smallest absolute Gasteiger partial charge is 0.335 e. The zero-order chi connectivity index (χ0) is 46.0. The molecule has 0 saturated heterocycles. The lowest BCUT2D eigenvalue weighted by Crippen LogP contribution is -2.64. The number of benzene rings is 5. The van der Waals surface area contributed by atoms with Crippen molar-refractivity contribution in [3.8, 4) is 17.2 Å². The second-order valence-corrected chi connectivity index (χ2v) is 14.4. The van der Waals surface area contributed by atoms with Gasteiger partial charge in [-0.1, -0.05) is 24.3 Å². The van der Waals surface area contributed by atoms with Gasteiger partial charge in [0.15, 0.2) is 11.5 Å². The zero-order valence-corrected chi connectivity index (χ0v) is 34.4. The van der Waals surface area contributed by atoms with Crippen LogP contribution in [0.4, 0.5) is 17.1 Å². The molecule has 326 valence electrons. The minimum atomic E-state index is -3.03. The second-order valence-electron chi connectivity index (χ2n) is 14.4. The van der Waals surface area contributed by atoms with Crippen molar-refractivity contribution in [2.24, 2.45) is 5.73 Å². The summed E-state index contributed by atoms with van der Waals surface area (Å²) < 4.78 is 11.4. The third-order valence-corrected chi connectivity index (χ3v) is 8.78. The highest BCUT2D eigenvalue weighted by molar-refractivity contribution is 6.11. The van der Waals surface area contributed by atoms with Gasteiger partial charge >= 0.3 is 5.97 Å². The van der Waals surface area contributed by atoms with Crippen molar-refractivity contribution < 1.29 is 58.4 Å². The van der Waals surface area contributed by atoms with Gasteiger partial charge in [0.1, 0.15) is 5.75 Å². The molecular formula is C45H44N6O12. The summed E-state index contributed by atoms with van der Waals surface area (Å²) in [6.07, 6.45) is -1.90. The van der Waals surface area contributed by atoms with Gasteiger partial charge in [0.25, 0.3) is 29.5 Å². The maximum atomic E-state index is 14.3. The highest BCUT2D eigenvalue weighted by Crippen LogP contribution is 2.39. The summed E-state index contributed by atoms with van der Waals surface area (Å²) in [6, 6.07) is 26.4. The van der Waals surface area contributed by atoms with Crippen molar-refractivity contribution in [3.05, 3.63) is 143 Å². The fraction of sp³-hybridized carbons (Fsp3) is 0.178. The minimum absolute atomic E-state index is 0.00255. The lowest BCUT2D eigenvalue weighted by molar-refractivity contribution is -0.145. The Balaban J connectivity index is 1.43. The maximum Gasteiger partial charge on any atom is 0.335 e. The summed E-state index contributed by atoms with van der Waals surface area (Å²) in [5, 5.41) is 40.0. The molecule has 18 nitrogen and oxygen atoms in total. The molecule has 5 rings (SSSR count). The molecule has 0 radical (unpaired) electrons. The van der Waals surface area contributed by atoms with Crippen LogP contribution in [-0.4, -0.2) is 74.7 Å². The largest absolute Gasteiger partial charge is 0.504 e. The van der Waals surface area contributed by atoms with Gasteiger partial charge in [0.2, 0.25) is 11.6 Å². The summed E-state index contributed by atoms with van der Waals surface area (Å²) in [5.74, 6) is -7.60. The number of carbonyl (C=O) groups is 7. The number of phenolic OH excluding ortho intramolecular Hbond substituents is 1. The first-order chi connectivity index (χ1) is 29.8. The van der Waals surface area contributed by atoms with Gasteiger partial charge in [-0.05, 0) is 119 Å². The Morgan fingerprint density at radius 2 is 1.27 bits per heavy atom. The molecule has 9 N–H and O–H groups in total. The molecular weight excluding hydrogens is 817 g/mol. The lowest BCUT2D eigenvalue weighted by atomic mass is 10.1. The van der Waals surface area contributed by atoms with Gasteiger partial charge in [-0.2, -0.15) is 0 Å². The first kappa shape index (κ1) is 45.8. The number of carboxylic acid groups (broad SMARTS) is 1. The Kier molecular flexibility index (Phi) is 14.5. The third kappa shape index (κ3) is 11.7. The predicted molar refractivity (Wildman–Crippen MR) is 229 cm³/mol. The SMILES string of the molecule is CC(C)Oc1cccc(C(=O)NC(O)(CC(N)=O)C(=O)N(NC(=O)c2ccccc2)c2ccc(C(=O)Nc3ccc(C(=O)Nc4ccc(C(=O)O)cc4)c(O)c3OC(C)C)cc2)c1. The Bertz CT molecular complexity index is 2530. The number of rotatable bonds is 16. The van der Waals surface area contributed by atoms with Crippen molar-refractivity contribution in [1.82, 2.24) is 10.7 Å². The molecule has 0 saturated carbocycles. The van der Waals surface area contributed by atoms with Gasteiger partial charge in [-0.15, -0.1) is 0 Å². The van der Waals surface area contributed by atoms with Crippen molar-refractivity contribution in [3.63, 3.8) is 0 Å². The van der Waals surface area contributed by atoms with E-state index >= 15 is 0 Å². The lowest BCUT2D eigenvalue weighted by Gasteiger charge is -2.33. The quantitative estimate of drug-likeness (QED) is 0.0489. The summed E-state index contributed by atoms with van der Waals surface area (Å²) in [6.45, 7) is 6.86. The van der Waals surface area contributed by atoms with Crippen LogP contribution in [0.1, 0.15) is 85.9 Å². The van der Waals surface area contributed by atoms with Gasteiger partial charge in [-0.3, -0.25) is 34.2 Å². The van der Waals surface area contributed by atoms with Crippen molar-refractivity contribution in [2.45, 2.75) is 52.0 Å². The van der Waals surface area contributed by atoms with Crippen molar-refractivity contribution >= 4 is 58.5 Å². The number of phenols is 1. The number of anilines is 3. The van der Waals surface area contributed by atoms with E-state index in [0.717, 1.165) is 0 Å². The van der Waals surface area contributed by atoms with Crippen LogP contribution >= 0.6 is 0 Å². The second kappa shape index (κ2) is 19.9. The number of nitrogens with one attached hydrogen (secondary N) is 4. The van der Waals surface area contributed by atoms with E-state index in [0.29, 0.717) is 10.8 Å². The standard InChI is InChI=1S/C45H44N6O12/c1-25(2)62-33-12-8-11-30(23-33)40(55)49-45(61,24-36(46)52)44(60)51(50-41(56)27-9-6-5-7-10-27)32-19-15-28(16-20-32)39(54)48-35-22-21-34(37(53)38(35)63-26(3)4)42(57)47-31-17-13-29(14-18-31)43(58)59/h5-23,25-26,53,61H,24H2,1-4H3,(H2,46,52)(H,47,57)(H,48,54)(H,49,55)(H,50,56)(H,58,59). The molecule has 1 unspecified atom stereocenters. The molecule has 1 atom stereocenters. The van der Waals surface area contributed by atoms with Crippen LogP contribution in [-0.2, 0) is 9.59 Å². The number of nitrogens with two attached hydrogens (primary N) is 1. The molecule has 5 aromatic carbocycles. The molecule has 0 bridgehead atoms. The number of carboxylic acids is 1. The van der Waals surface area contributed by atoms with E-state index in [1.807, 2.05) is 0 Å². The van der Waals surface area contributed by atoms with E-state index in [2.05, 4.69) is 21.4 Å². The summed E-state index contributed by atoms with van der Waals surface area (Å²) in [7, 11) is 0. The molecule has 0 aliphatic rings. The van der Waals surface area contributed by atoms with Crippen molar-refractivity contribution in [1.29, 1.82) is 0 Å². The average Bonchev–Trinajstić information content (AvgIpc) is 3.23. The average molecular weight is 861 g/mol. The molecule has 18 heteroatoms. The first-order valence-corrected chi connectivity index (χ1v) is 19.2. The molecule has 0 spiro atoms. The van der Waals surface area contributed by atoms with Crippen LogP contribution in [0.15, 0.2) is 115 Å². The number of hydrazine groups is 1. The fourth-order valence-electron chi connectivity index (χ4n) is 5.90. The number of aliphatic hydroxyl groups is 1.